The lowest BCUT2D eigenvalue weighted by molar-refractivity contribution is 0.0486. The molecule has 0 aliphatic carbocycles. The molecule has 0 radical (unpaired) electrons. The third kappa shape index (κ3) is 2.55. The molecule has 0 saturated carbocycles. The van der Waals surface area contributed by atoms with Crippen molar-refractivity contribution in [1.82, 2.24) is 4.98 Å². The number of hydrogen-bond donors (Lipinski definition) is 0. The predicted octanol–water partition coefficient (Wildman–Crippen LogP) is 1.06. The standard InChI is InChI=1S/C11H15NO5S/c1-3-16-11(13)9-7(2)12-10(17-9)8-4-5-18(14,15)6-8/h8H,3-6H2,1-2H3. The minimum atomic E-state index is -2.99. The van der Waals surface area contributed by atoms with Gasteiger partial charge in [0.15, 0.2) is 15.7 Å². The van der Waals surface area contributed by atoms with E-state index in [1.54, 1.807) is 13.8 Å². The van der Waals surface area contributed by atoms with Crippen molar-refractivity contribution >= 4 is 15.8 Å². The van der Waals surface area contributed by atoms with Crippen LogP contribution < -0.4 is 0 Å². The van der Waals surface area contributed by atoms with Crippen molar-refractivity contribution in [3.8, 4) is 0 Å². The smallest absolute Gasteiger partial charge is 0.376 e. The highest BCUT2D eigenvalue weighted by atomic mass is 32.2. The van der Waals surface area contributed by atoms with E-state index >= 15 is 0 Å². The van der Waals surface area contributed by atoms with Crippen molar-refractivity contribution in [2.45, 2.75) is 26.2 Å². The summed E-state index contributed by atoms with van der Waals surface area (Å²) >= 11 is 0. The Kier molecular flexibility index (Phi) is 3.43. The van der Waals surface area contributed by atoms with Gasteiger partial charge in [-0.1, -0.05) is 0 Å². The molecule has 1 atom stereocenters. The average Bonchev–Trinajstić information content (AvgIpc) is 2.82. The van der Waals surface area contributed by atoms with E-state index in [1.165, 1.54) is 0 Å². The molecule has 1 aromatic heterocycles. The van der Waals surface area contributed by atoms with Crippen LogP contribution >= 0.6 is 0 Å². The Morgan fingerprint density at radius 1 is 1.56 bits per heavy atom. The summed E-state index contributed by atoms with van der Waals surface area (Å²) in [6.07, 6.45) is 0.491. The maximum absolute atomic E-state index is 11.5. The molecular weight excluding hydrogens is 258 g/mol. The molecule has 1 unspecified atom stereocenters. The van der Waals surface area contributed by atoms with E-state index in [2.05, 4.69) is 4.98 Å². The van der Waals surface area contributed by atoms with Gasteiger partial charge in [-0.2, -0.15) is 0 Å². The summed E-state index contributed by atoms with van der Waals surface area (Å²) in [4.78, 5) is 15.7. The normalized spacial score (nSPS) is 22.0. The van der Waals surface area contributed by atoms with Crippen molar-refractivity contribution in [1.29, 1.82) is 0 Å². The molecule has 0 aromatic carbocycles. The minimum absolute atomic E-state index is 0.0369. The zero-order chi connectivity index (χ0) is 13.3. The number of aryl methyl sites for hydroxylation is 1. The van der Waals surface area contributed by atoms with E-state index in [9.17, 15) is 13.2 Å². The monoisotopic (exact) mass is 273 g/mol. The number of carbonyl (C=O) groups is 1. The lowest BCUT2D eigenvalue weighted by atomic mass is 10.1. The van der Waals surface area contributed by atoms with E-state index < -0.39 is 15.8 Å². The van der Waals surface area contributed by atoms with Crippen molar-refractivity contribution < 1.29 is 22.4 Å². The van der Waals surface area contributed by atoms with Crippen LogP contribution in [0.25, 0.3) is 0 Å². The Labute approximate surface area is 105 Å². The number of sulfone groups is 1. The average molecular weight is 273 g/mol. The topological polar surface area (TPSA) is 86.5 Å². The second-order valence-electron chi connectivity index (χ2n) is 4.29. The van der Waals surface area contributed by atoms with Crippen LogP contribution in [-0.4, -0.2) is 37.5 Å². The zero-order valence-corrected chi connectivity index (χ0v) is 11.1. The van der Waals surface area contributed by atoms with Crippen LogP contribution in [0.15, 0.2) is 4.42 Å². The summed E-state index contributed by atoms with van der Waals surface area (Å²) in [6, 6.07) is 0. The fraction of sp³-hybridized carbons (Fsp3) is 0.636. The second kappa shape index (κ2) is 4.72. The van der Waals surface area contributed by atoms with E-state index in [1.807, 2.05) is 0 Å². The molecule has 2 rings (SSSR count). The predicted molar refractivity (Wildman–Crippen MR) is 63.2 cm³/mol. The molecule has 0 bridgehead atoms. The molecule has 0 spiro atoms. The summed E-state index contributed by atoms with van der Waals surface area (Å²) < 4.78 is 33.0. The third-order valence-electron chi connectivity index (χ3n) is 2.86. The lowest BCUT2D eigenvalue weighted by Gasteiger charge is -2.00. The van der Waals surface area contributed by atoms with Gasteiger partial charge in [0.05, 0.1) is 29.7 Å². The summed E-state index contributed by atoms with van der Waals surface area (Å²) in [5.74, 6) is -0.248. The number of ether oxygens (including phenoxy) is 1. The van der Waals surface area contributed by atoms with Crippen LogP contribution in [0.5, 0.6) is 0 Å². The first kappa shape index (κ1) is 13.1. The molecule has 1 aliphatic rings. The van der Waals surface area contributed by atoms with E-state index in [-0.39, 0.29) is 29.8 Å². The number of esters is 1. The number of hydrogen-bond acceptors (Lipinski definition) is 6. The fourth-order valence-electron chi connectivity index (χ4n) is 1.97. The fourth-order valence-corrected chi connectivity index (χ4v) is 3.70. The van der Waals surface area contributed by atoms with Crippen LogP contribution in [0.2, 0.25) is 0 Å². The molecule has 18 heavy (non-hydrogen) atoms. The molecule has 6 nitrogen and oxygen atoms in total. The first-order valence-electron chi connectivity index (χ1n) is 5.78. The Morgan fingerprint density at radius 3 is 2.83 bits per heavy atom. The van der Waals surface area contributed by atoms with Gasteiger partial charge in [0, 0.05) is 0 Å². The highest BCUT2D eigenvalue weighted by Crippen LogP contribution is 2.29. The molecule has 2 heterocycles. The Bertz CT molecular complexity index is 560. The van der Waals surface area contributed by atoms with Gasteiger partial charge in [0.25, 0.3) is 0 Å². The van der Waals surface area contributed by atoms with E-state index in [4.69, 9.17) is 9.15 Å². The Balaban J connectivity index is 2.22. The van der Waals surface area contributed by atoms with Gasteiger partial charge in [-0.05, 0) is 20.3 Å². The quantitative estimate of drug-likeness (QED) is 0.765. The van der Waals surface area contributed by atoms with Crippen molar-refractivity contribution in [3.63, 3.8) is 0 Å². The van der Waals surface area contributed by atoms with E-state index in [0.717, 1.165) is 0 Å². The van der Waals surface area contributed by atoms with Crippen molar-refractivity contribution in [2.75, 3.05) is 18.1 Å². The van der Waals surface area contributed by atoms with Crippen LogP contribution in [0, 0.1) is 6.92 Å². The van der Waals surface area contributed by atoms with Crippen molar-refractivity contribution in [2.24, 2.45) is 0 Å². The van der Waals surface area contributed by atoms with Crippen LogP contribution in [0.4, 0.5) is 0 Å². The number of nitrogens with zero attached hydrogens (tertiary/aromatic N) is 1. The van der Waals surface area contributed by atoms with Crippen LogP contribution in [0.1, 0.15) is 41.4 Å². The molecule has 7 heteroatoms. The van der Waals surface area contributed by atoms with Crippen LogP contribution in [0.3, 0.4) is 0 Å². The highest BCUT2D eigenvalue weighted by molar-refractivity contribution is 7.91. The van der Waals surface area contributed by atoms with Gasteiger partial charge in [-0.25, -0.2) is 18.2 Å². The lowest BCUT2D eigenvalue weighted by Crippen LogP contribution is -2.05. The molecule has 1 fully saturated rings. The molecule has 0 amide bonds. The maximum atomic E-state index is 11.5. The second-order valence-corrected chi connectivity index (χ2v) is 6.52. The molecule has 0 N–H and O–H groups in total. The highest BCUT2D eigenvalue weighted by Gasteiger charge is 2.33. The number of oxazole rings is 1. The minimum Gasteiger partial charge on any atom is -0.460 e. The van der Waals surface area contributed by atoms with Gasteiger partial charge < -0.3 is 9.15 Å². The molecule has 100 valence electrons. The summed E-state index contributed by atoms with van der Waals surface area (Å²) in [7, 11) is -2.99. The Hall–Kier alpha value is -1.37. The SMILES string of the molecule is CCOC(=O)c1oc(C2CCS(=O)(=O)C2)nc1C. The number of aromatic nitrogens is 1. The van der Waals surface area contributed by atoms with Gasteiger partial charge in [-0.15, -0.1) is 0 Å². The molecule has 1 saturated heterocycles. The first-order valence-corrected chi connectivity index (χ1v) is 7.60. The largest absolute Gasteiger partial charge is 0.460 e. The first-order chi connectivity index (χ1) is 8.43. The molecule has 1 aromatic rings. The third-order valence-corrected chi connectivity index (χ3v) is 4.62. The molecule has 1 aliphatic heterocycles. The van der Waals surface area contributed by atoms with Crippen LogP contribution in [-0.2, 0) is 14.6 Å². The summed E-state index contributed by atoms with van der Waals surface area (Å²) in [5.41, 5.74) is 0.438. The zero-order valence-electron chi connectivity index (χ0n) is 10.3. The van der Waals surface area contributed by atoms with Gasteiger partial charge in [0.1, 0.15) is 0 Å². The number of rotatable bonds is 3. The van der Waals surface area contributed by atoms with E-state index in [0.29, 0.717) is 18.0 Å². The number of carbonyl (C=O) groups excluding carboxylic acids is 1. The van der Waals surface area contributed by atoms with Gasteiger partial charge >= 0.3 is 5.97 Å². The Morgan fingerprint density at radius 2 is 2.28 bits per heavy atom. The van der Waals surface area contributed by atoms with Crippen molar-refractivity contribution in [3.05, 3.63) is 17.3 Å². The summed E-state index contributed by atoms with van der Waals surface area (Å²) in [6.45, 7) is 3.60. The maximum Gasteiger partial charge on any atom is 0.376 e. The summed E-state index contributed by atoms with van der Waals surface area (Å²) in [5, 5.41) is 0. The molecular formula is C11H15NO5S. The van der Waals surface area contributed by atoms with Gasteiger partial charge in [0.2, 0.25) is 5.76 Å². The van der Waals surface area contributed by atoms with Gasteiger partial charge in [-0.3, -0.25) is 0 Å².